The number of hydrazine groups is 1. The normalized spacial score (nSPS) is 18.0. The first kappa shape index (κ1) is 21.9. The van der Waals surface area contributed by atoms with Gasteiger partial charge in [-0.3, -0.25) is 15.0 Å². The second kappa shape index (κ2) is 8.34. The van der Waals surface area contributed by atoms with Gasteiger partial charge in [-0.05, 0) is 50.9 Å². The molecule has 4 N–H and O–H groups in total. The molecule has 0 bridgehead atoms. The Morgan fingerprint density at radius 1 is 1.21 bits per heavy atom. The number of nitrogens with one attached hydrogen (secondary N) is 2. The summed E-state index contributed by atoms with van der Waals surface area (Å²) < 4.78 is 17.4. The quantitative estimate of drug-likeness (QED) is 0.294. The number of nitrogen functional groups attached to an aromatic ring is 1. The zero-order valence-corrected chi connectivity index (χ0v) is 17.2. The largest absolute Gasteiger partial charge is 0.497 e. The molecule has 0 saturated carbocycles. The highest BCUT2D eigenvalue weighted by Gasteiger charge is 2.52. The Morgan fingerprint density at radius 2 is 1.82 bits per heavy atom. The number of hydrogen-bond acceptors (Lipinski definition) is 6. The van der Waals surface area contributed by atoms with Gasteiger partial charge >= 0.3 is 7.12 Å². The van der Waals surface area contributed by atoms with Crippen LogP contribution in [0, 0.1) is 0 Å². The predicted octanol–water partition coefficient (Wildman–Crippen LogP) is 1.45. The highest BCUT2D eigenvalue weighted by molar-refractivity contribution is 6.56. The van der Waals surface area contributed by atoms with Crippen molar-refractivity contribution in [1.29, 1.82) is 0 Å². The fourth-order valence-electron chi connectivity index (χ4n) is 2.69. The lowest BCUT2D eigenvalue weighted by atomic mass is 9.76. The van der Waals surface area contributed by atoms with Crippen LogP contribution in [0.2, 0.25) is 0 Å². The van der Waals surface area contributed by atoms with Crippen LogP contribution in [0.4, 0.5) is 0 Å². The van der Waals surface area contributed by atoms with Crippen molar-refractivity contribution >= 4 is 25.0 Å². The van der Waals surface area contributed by atoms with E-state index in [2.05, 4.69) is 10.7 Å². The first-order valence-electron chi connectivity index (χ1n) is 9.00. The van der Waals surface area contributed by atoms with Crippen LogP contribution in [-0.2, 0) is 14.1 Å². The molecular weight excluding hydrogens is 361 g/mol. The molecule has 1 fully saturated rings. The second-order valence-electron chi connectivity index (χ2n) is 7.64. The maximum absolute atomic E-state index is 12.2. The summed E-state index contributed by atoms with van der Waals surface area (Å²) in [5, 5.41) is 2.77. The maximum Gasteiger partial charge on any atom is 0.492 e. The van der Waals surface area contributed by atoms with E-state index in [4.69, 9.17) is 19.9 Å². The van der Waals surface area contributed by atoms with E-state index in [-0.39, 0.29) is 12.5 Å². The molecule has 0 spiro atoms. The van der Waals surface area contributed by atoms with E-state index in [9.17, 15) is 9.59 Å². The van der Waals surface area contributed by atoms with Crippen molar-refractivity contribution in [3.8, 4) is 5.75 Å². The van der Waals surface area contributed by atoms with Crippen LogP contribution < -0.4 is 21.3 Å². The van der Waals surface area contributed by atoms with Gasteiger partial charge in [0.25, 0.3) is 5.91 Å². The highest BCUT2D eigenvalue weighted by Crippen LogP contribution is 2.39. The SMILES string of the molecule is COc1ccc(C=C(CNC(C)=O)B2OC(C)(C)C(C)(C)O2)c(C(=O)NN)c1. The molecular formula is C19H28BN3O5. The molecule has 1 aliphatic heterocycles. The zero-order chi connectivity index (χ0) is 21.1. The Kier molecular flexibility index (Phi) is 6.54. The van der Waals surface area contributed by atoms with Crippen molar-refractivity contribution in [2.45, 2.75) is 45.8 Å². The molecule has 1 aromatic rings. The van der Waals surface area contributed by atoms with Gasteiger partial charge in [-0.1, -0.05) is 12.1 Å². The van der Waals surface area contributed by atoms with E-state index in [0.717, 1.165) is 0 Å². The van der Waals surface area contributed by atoms with Gasteiger partial charge in [-0.15, -0.1) is 0 Å². The van der Waals surface area contributed by atoms with E-state index in [1.54, 1.807) is 24.3 Å². The van der Waals surface area contributed by atoms with Gasteiger partial charge in [0.1, 0.15) is 5.75 Å². The number of benzene rings is 1. The van der Waals surface area contributed by atoms with Gasteiger partial charge < -0.3 is 19.4 Å². The standard InChI is InChI=1S/C19H28BN3O5/c1-12(24)22-11-14(20-27-18(2,3)19(4,5)28-20)9-13-7-8-15(26-6)10-16(13)17(25)23-21/h7-10H,11,21H2,1-6H3,(H,22,24)(H,23,25). The molecule has 0 aromatic heterocycles. The third-order valence-corrected chi connectivity index (χ3v) is 5.07. The van der Waals surface area contributed by atoms with Crippen molar-refractivity contribution in [3.05, 3.63) is 34.8 Å². The fraction of sp³-hybridized carbons (Fsp3) is 0.474. The number of carbonyl (C=O) groups is 2. The molecule has 152 valence electrons. The molecule has 8 nitrogen and oxygen atoms in total. The Bertz CT molecular complexity index is 776. The smallest absolute Gasteiger partial charge is 0.492 e. The van der Waals surface area contributed by atoms with Crippen molar-refractivity contribution in [1.82, 2.24) is 10.7 Å². The second-order valence-corrected chi connectivity index (χ2v) is 7.64. The van der Waals surface area contributed by atoms with Gasteiger partial charge in [0.2, 0.25) is 5.91 Å². The number of rotatable bonds is 6. The zero-order valence-electron chi connectivity index (χ0n) is 17.2. The Hall–Kier alpha value is -2.36. The van der Waals surface area contributed by atoms with E-state index in [1.165, 1.54) is 14.0 Å². The fourth-order valence-corrected chi connectivity index (χ4v) is 2.69. The number of amides is 2. The summed E-state index contributed by atoms with van der Waals surface area (Å²) >= 11 is 0. The predicted molar refractivity (Wildman–Crippen MR) is 107 cm³/mol. The van der Waals surface area contributed by atoms with Crippen molar-refractivity contribution in [2.24, 2.45) is 5.84 Å². The summed E-state index contributed by atoms with van der Waals surface area (Å²) in [6, 6.07) is 5.07. The lowest BCUT2D eigenvalue weighted by Crippen LogP contribution is -2.41. The third kappa shape index (κ3) is 4.73. The Morgan fingerprint density at radius 3 is 2.32 bits per heavy atom. The van der Waals surface area contributed by atoms with E-state index < -0.39 is 24.2 Å². The van der Waals surface area contributed by atoms with Crippen LogP contribution in [0.25, 0.3) is 6.08 Å². The van der Waals surface area contributed by atoms with Crippen LogP contribution in [0.15, 0.2) is 23.7 Å². The highest BCUT2D eigenvalue weighted by atomic mass is 16.7. The lowest BCUT2D eigenvalue weighted by molar-refractivity contribution is -0.118. The van der Waals surface area contributed by atoms with Crippen LogP contribution >= 0.6 is 0 Å². The molecule has 1 aromatic carbocycles. The van der Waals surface area contributed by atoms with Crippen LogP contribution in [0.5, 0.6) is 5.75 Å². The average Bonchev–Trinajstić information content (AvgIpc) is 2.85. The van der Waals surface area contributed by atoms with Gasteiger partial charge in [0.05, 0.1) is 23.9 Å². The summed E-state index contributed by atoms with van der Waals surface area (Å²) in [7, 11) is 0.842. The molecule has 0 aliphatic carbocycles. The number of carbonyl (C=O) groups excluding carboxylic acids is 2. The van der Waals surface area contributed by atoms with E-state index in [0.29, 0.717) is 22.3 Å². The number of methoxy groups -OCH3 is 1. The maximum atomic E-state index is 12.2. The lowest BCUT2D eigenvalue weighted by Gasteiger charge is -2.32. The van der Waals surface area contributed by atoms with E-state index >= 15 is 0 Å². The molecule has 28 heavy (non-hydrogen) atoms. The minimum atomic E-state index is -0.673. The van der Waals surface area contributed by atoms with Gasteiger partial charge in [-0.25, -0.2) is 5.84 Å². The molecule has 1 aliphatic rings. The molecule has 1 saturated heterocycles. The van der Waals surface area contributed by atoms with Crippen molar-refractivity contribution in [3.63, 3.8) is 0 Å². The van der Waals surface area contributed by atoms with Crippen LogP contribution in [-0.4, -0.2) is 43.8 Å². The minimum absolute atomic E-state index is 0.183. The Balaban J connectivity index is 2.48. The van der Waals surface area contributed by atoms with Crippen LogP contribution in [0.1, 0.15) is 50.5 Å². The van der Waals surface area contributed by atoms with Crippen molar-refractivity contribution < 1.29 is 23.6 Å². The molecule has 1 heterocycles. The molecule has 0 radical (unpaired) electrons. The Labute approximate surface area is 165 Å². The number of nitrogens with two attached hydrogens (primary N) is 1. The molecule has 2 rings (SSSR count). The van der Waals surface area contributed by atoms with Crippen molar-refractivity contribution in [2.75, 3.05) is 13.7 Å². The summed E-state index contributed by atoms with van der Waals surface area (Å²) in [4.78, 5) is 23.7. The summed E-state index contributed by atoms with van der Waals surface area (Å²) in [6.07, 6.45) is 1.77. The first-order valence-corrected chi connectivity index (χ1v) is 9.00. The monoisotopic (exact) mass is 389 g/mol. The molecule has 9 heteroatoms. The molecule has 2 amide bonds. The summed E-state index contributed by atoms with van der Waals surface area (Å²) in [6.45, 7) is 9.44. The van der Waals surface area contributed by atoms with E-state index in [1.807, 2.05) is 27.7 Å². The topological polar surface area (TPSA) is 112 Å². The first-order chi connectivity index (χ1) is 13.0. The average molecular weight is 389 g/mol. The molecule has 0 unspecified atom stereocenters. The summed E-state index contributed by atoms with van der Waals surface area (Å²) in [5.74, 6) is 5.20. The van der Waals surface area contributed by atoms with Gasteiger partial charge in [0.15, 0.2) is 0 Å². The van der Waals surface area contributed by atoms with Gasteiger partial charge in [-0.2, -0.15) is 0 Å². The third-order valence-electron chi connectivity index (χ3n) is 5.07. The number of ether oxygens (including phenoxy) is 1. The summed E-state index contributed by atoms with van der Waals surface area (Å²) in [5.41, 5.74) is 2.66. The van der Waals surface area contributed by atoms with Crippen LogP contribution in [0.3, 0.4) is 0 Å². The minimum Gasteiger partial charge on any atom is -0.497 e. The molecule has 0 atom stereocenters. The number of hydrogen-bond donors (Lipinski definition) is 3. The van der Waals surface area contributed by atoms with Gasteiger partial charge in [0, 0.05) is 13.5 Å².